The summed E-state index contributed by atoms with van der Waals surface area (Å²) in [5.41, 5.74) is 2.23. The normalized spacial score (nSPS) is 33.8. The van der Waals surface area contributed by atoms with Crippen LogP contribution < -0.4 is 4.74 Å². The number of hydrogen-bond acceptors (Lipinski definition) is 2. The summed E-state index contributed by atoms with van der Waals surface area (Å²) in [7, 11) is 0. The zero-order chi connectivity index (χ0) is 14.6. The molecule has 2 heteroatoms. The Morgan fingerprint density at radius 2 is 2.14 bits per heavy atom. The van der Waals surface area contributed by atoms with Crippen LogP contribution in [0.1, 0.15) is 63.2 Å². The zero-order valence-corrected chi connectivity index (χ0v) is 13.1. The van der Waals surface area contributed by atoms with Crippen molar-refractivity contribution in [3.8, 4) is 5.75 Å². The van der Waals surface area contributed by atoms with Crippen LogP contribution in [0.25, 0.3) is 0 Å². The molecule has 0 saturated heterocycles. The van der Waals surface area contributed by atoms with Crippen molar-refractivity contribution in [3.63, 3.8) is 0 Å². The first-order valence-corrected chi connectivity index (χ1v) is 8.50. The second-order valence-electron chi connectivity index (χ2n) is 8.09. The number of hydrogen-bond donors (Lipinski definition) is 1. The number of aliphatic hydroxyl groups is 1. The van der Waals surface area contributed by atoms with Crippen LogP contribution >= 0.6 is 0 Å². The van der Waals surface area contributed by atoms with Gasteiger partial charge in [0.2, 0.25) is 0 Å². The van der Waals surface area contributed by atoms with E-state index in [9.17, 15) is 5.11 Å². The molecule has 21 heavy (non-hydrogen) atoms. The highest BCUT2D eigenvalue weighted by molar-refractivity contribution is 5.42. The van der Waals surface area contributed by atoms with Gasteiger partial charge < -0.3 is 9.84 Å². The molecule has 0 amide bonds. The van der Waals surface area contributed by atoms with Crippen molar-refractivity contribution >= 4 is 0 Å². The van der Waals surface area contributed by atoms with Gasteiger partial charge in [-0.2, -0.15) is 0 Å². The van der Waals surface area contributed by atoms with Crippen LogP contribution in [0.4, 0.5) is 0 Å². The van der Waals surface area contributed by atoms with Gasteiger partial charge in [0.25, 0.3) is 0 Å². The molecule has 0 spiro atoms. The van der Waals surface area contributed by atoms with Gasteiger partial charge in [-0.05, 0) is 80.5 Å². The molecule has 114 valence electrons. The molecular formula is C19H26O2. The quantitative estimate of drug-likeness (QED) is 0.899. The Kier molecular flexibility index (Phi) is 3.08. The molecule has 0 radical (unpaired) electrons. The van der Waals surface area contributed by atoms with E-state index < -0.39 is 0 Å². The Balaban J connectivity index is 1.47. The third-order valence-corrected chi connectivity index (χ3v) is 5.88. The van der Waals surface area contributed by atoms with E-state index in [1.807, 2.05) is 6.07 Å². The van der Waals surface area contributed by atoms with E-state index in [1.54, 1.807) is 0 Å². The van der Waals surface area contributed by atoms with Gasteiger partial charge in [-0.25, -0.2) is 0 Å². The average molecular weight is 286 g/mol. The molecule has 1 aromatic carbocycles. The van der Waals surface area contributed by atoms with Crippen molar-refractivity contribution < 1.29 is 9.84 Å². The summed E-state index contributed by atoms with van der Waals surface area (Å²) in [6.45, 7) is 4.25. The molecule has 2 bridgehead atoms. The summed E-state index contributed by atoms with van der Waals surface area (Å²) in [5.74, 6) is 3.60. The van der Waals surface area contributed by atoms with Crippen LogP contribution in [0.15, 0.2) is 18.2 Å². The lowest BCUT2D eigenvalue weighted by Gasteiger charge is -2.24. The van der Waals surface area contributed by atoms with Gasteiger partial charge in [0.15, 0.2) is 0 Å². The maximum Gasteiger partial charge on any atom is 0.123 e. The predicted octanol–water partition coefficient (Wildman–Crippen LogP) is 4.26. The van der Waals surface area contributed by atoms with E-state index in [2.05, 4.69) is 26.0 Å². The molecule has 0 aromatic heterocycles. The molecule has 1 aliphatic heterocycles. The van der Waals surface area contributed by atoms with Gasteiger partial charge in [-0.1, -0.05) is 12.5 Å². The van der Waals surface area contributed by atoms with Crippen LogP contribution in [-0.2, 0) is 6.42 Å². The number of benzene rings is 1. The fraction of sp³-hybridized carbons (Fsp3) is 0.684. The third-order valence-electron chi connectivity index (χ3n) is 5.88. The summed E-state index contributed by atoms with van der Waals surface area (Å²) < 4.78 is 5.92. The van der Waals surface area contributed by atoms with E-state index in [-0.39, 0.29) is 11.7 Å². The highest BCUT2D eigenvalue weighted by atomic mass is 16.5. The molecule has 3 aliphatic rings. The van der Waals surface area contributed by atoms with Crippen molar-refractivity contribution in [2.75, 3.05) is 0 Å². The first-order valence-electron chi connectivity index (χ1n) is 8.50. The maximum atomic E-state index is 10.6. The summed E-state index contributed by atoms with van der Waals surface area (Å²) in [6.07, 6.45) is 7.19. The van der Waals surface area contributed by atoms with Gasteiger partial charge >= 0.3 is 0 Å². The van der Waals surface area contributed by atoms with Gasteiger partial charge in [0.1, 0.15) is 11.4 Å². The van der Waals surface area contributed by atoms with E-state index in [4.69, 9.17) is 4.74 Å². The average Bonchev–Trinajstić information content (AvgIpc) is 3.08. The summed E-state index contributed by atoms with van der Waals surface area (Å²) in [4.78, 5) is 0. The molecule has 2 nitrogen and oxygen atoms in total. The first-order chi connectivity index (χ1) is 10.00. The molecule has 1 N–H and O–H groups in total. The van der Waals surface area contributed by atoms with Crippen molar-refractivity contribution in [2.45, 2.75) is 64.1 Å². The monoisotopic (exact) mass is 286 g/mol. The minimum Gasteiger partial charge on any atom is -0.487 e. The Morgan fingerprint density at radius 3 is 2.86 bits per heavy atom. The molecular weight excluding hydrogens is 260 g/mol. The summed E-state index contributed by atoms with van der Waals surface area (Å²) >= 11 is 0. The first kappa shape index (κ1) is 13.6. The van der Waals surface area contributed by atoms with Gasteiger partial charge in [0.05, 0.1) is 6.10 Å². The van der Waals surface area contributed by atoms with E-state index >= 15 is 0 Å². The SMILES string of the molecule is CC1(C)Cc2cc(C(O)CC3CC4CCC3C4)ccc2O1. The van der Waals surface area contributed by atoms with E-state index in [0.29, 0.717) is 0 Å². The molecule has 4 atom stereocenters. The molecule has 1 heterocycles. The second-order valence-corrected chi connectivity index (χ2v) is 8.09. The summed E-state index contributed by atoms with van der Waals surface area (Å²) in [5, 5.41) is 10.6. The van der Waals surface area contributed by atoms with Crippen molar-refractivity contribution in [1.29, 1.82) is 0 Å². The maximum absolute atomic E-state index is 10.6. The lowest BCUT2D eigenvalue weighted by Crippen LogP contribution is -2.24. The molecule has 2 fully saturated rings. The smallest absolute Gasteiger partial charge is 0.123 e. The molecule has 2 aliphatic carbocycles. The number of fused-ring (bicyclic) bond motifs is 3. The van der Waals surface area contributed by atoms with Gasteiger partial charge in [-0.3, -0.25) is 0 Å². The highest BCUT2D eigenvalue weighted by Gasteiger charge is 2.40. The molecule has 2 saturated carbocycles. The molecule has 1 aromatic rings. The standard InChI is InChI=1S/C19H26O2/c1-19(2)11-16-9-14(5-6-18(16)21-19)17(20)10-15-8-12-3-4-13(15)7-12/h5-6,9,12-13,15,17,20H,3-4,7-8,10-11H2,1-2H3. The Morgan fingerprint density at radius 1 is 1.29 bits per heavy atom. The number of rotatable bonds is 3. The van der Waals surface area contributed by atoms with Crippen LogP contribution in [0.3, 0.4) is 0 Å². The highest BCUT2D eigenvalue weighted by Crippen LogP contribution is 2.51. The van der Waals surface area contributed by atoms with Crippen LogP contribution in [0, 0.1) is 17.8 Å². The topological polar surface area (TPSA) is 29.5 Å². The third kappa shape index (κ3) is 2.48. The Labute approximate surface area is 127 Å². The minimum absolute atomic E-state index is 0.101. The van der Waals surface area contributed by atoms with E-state index in [1.165, 1.54) is 31.2 Å². The fourth-order valence-electron chi connectivity index (χ4n) is 4.92. The van der Waals surface area contributed by atoms with Crippen molar-refractivity contribution in [2.24, 2.45) is 17.8 Å². The Bertz CT molecular complexity index is 548. The zero-order valence-electron chi connectivity index (χ0n) is 13.1. The van der Waals surface area contributed by atoms with Crippen LogP contribution in [-0.4, -0.2) is 10.7 Å². The summed E-state index contributed by atoms with van der Waals surface area (Å²) in [6, 6.07) is 6.27. The lowest BCUT2D eigenvalue weighted by atomic mass is 9.83. The van der Waals surface area contributed by atoms with Crippen molar-refractivity contribution in [3.05, 3.63) is 29.3 Å². The largest absolute Gasteiger partial charge is 0.487 e. The minimum atomic E-state index is -0.302. The molecule has 4 unspecified atom stereocenters. The van der Waals surface area contributed by atoms with Crippen LogP contribution in [0.2, 0.25) is 0 Å². The fourth-order valence-corrected chi connectivity index (χ4v) is 4.92. The Hall–Kier alpha value is -1.02. The number of ether oxygens (including phenoxy) is 1. The lowest BCUT2D eigenvalue weighted by molar-refractivity contribution is 0.125. The van der Waals surface area contributed by atoms with E-state index in [0.717, 1.165) is 41.9 Å². The number of aliphatic hydroxyl groups excluding tert-OH is 1. The van der Waals surface area contributed by atoms with Gasteiger partial charge in [-0.15, -0.1) is 0 Å². The van der Waals surface area contributed by atoms with Crippen LogP contribution in [0.5, 0.6) is 5.75 Å². The molecule has 4 rings (SSSR count). The van der Waals surface area contributed by atoms with Gasteiger partial charge in [0, 0.05) is 6.42 Å². The second kappa shape index (κ2) is 4.74. The van der Waals surface area contributed by atoms with Crippen molar-refractivity contribution in [1.82, 2.24) is 0 Å². The predicted molar refractivity (Wildman–Crippen MR) is 83.4 cm³/mol.